The zero-order chi connectivity index (χ0) is 11.8. The number of hydrogen-bond acceptors (Lipinski definition) is 1. The van der Waals surface area contributed by atoms with Gasteiger partial charge in [0.2, 0.25) is 0 Å². The van der Waals surface area contributed by atoms with Crippen molar-refractivity contribution in [1.82, 2.24) is 0 Å². The Balaban J connectivity index is 5.14. The Bertz CT molecular complexity index is 200. The molecule has 0 aromatic heterocycles. The minimum atomic E-state index is -2.14. The van der Waals surface area contributed by atoms with Crippen molar-refractivity contribution >= 4 is 92.8 Å². The zero-order valence-corrected chi connectivity index (χ0v) is 12.3. The third kappa shape index (κ3) is 2.94. The van der Waals surface area contributed by atoms with Crippen molar-refractivity contribution in [1.29, 1.82) is 0 Å². The van der Waals surface area contributed by atoms with Crippen LogP contribution in [0.25, 0.3) is 0 Å². The third-order valence-electron chi connectivity index (χ3n) is 1.35. The summed E-state index contributed by atoms with van der Waals surface area (Å²) < 4.78 is -6.18. The molecule has 0 spiro atoms. The summed E-state index contributed by atoms with van der Waals surface area (Å²) in [6.07, 6.45) is 0. The number of aliphatic hydroxyl groups excluding tert-OH is 1. The molecule has 0 aliphatic heterocycles. The van der Waals surface area contributed by atoms with Gasteiger partial charge in [-0.3, -0.25) is 0 Å². The van der Waals surface area contributed by atoms with Gasteiger partial charge >= 0.3 is 0 Å². The van der Waals surface area contributed by atoms with Gasteiger partial charge in [0, 0.05) is 0 Å². The minimum absolute atomic E-state index is 0.773. The minimum Gasteiger partial charge on any atom is -0.393 e. The summed E-state index contributed by atoms with van der Waals surface area (Å²) in [6, 6.07) is 0. The van der Waals surface area contributed by atoms with E-state index < -0.39 is 24.4 Å². The van der Waals surface area contributed by atoms with Gasteiger partial charge in [-0.2, -0.15) is 0 Å². The molecule has 9 heteroatoms. The molecule has 0 radical (unpaired) electrons. The molecular weight excluding hydrogens is 360 g/mol. The first-order valence-corrected chi connectivity index (χ1v) is 6.17. The molecular formula is C5H4Cl8O. The van der Waals surface area contributed by atoms with Gasteiger partial charge in [0.25, 0.3) is 0 Å². The van der Waals surface area contributed by atoms with E-state index in [1.807, 2.05) is 0 Å². The second-order valence-corrected chi connectivity index (χ2v) is 7.65. The van der Waals surface area contributed by atoms with Crippen molar-refractivity contribution in [2.24, 2.45) is 0 Å². The Morgan fingerprint density at radius 2 is 1.29 bits per heavy atom. The zero-order valence-electron chi connectivity index (χ0n) is 6.26. The van der Waals surface area contributed by atoms with E-state index in [0.717, 1.165) is 0 Å². The number of hydrogen-bond donors (Lipinski definition) is 1. The van der Waals surface area contributed by atoms with Gasteiger partial charge in [0.05, 0.1) is 6.61 Å². The van der Waals surface area contributed by atoms with E-state index in [4.69, 9.17) is 97.9 Å². The second-order valence-electron chi connectivity index (χ2n) is 2.36. The number of alkyl halides is 8. The smallest absolute Gasteiger partial charge is 0.188 e. The van der Waals surface area contributed by atoms with Crippen LogP contribution in [0.15, 0.2) is 0 Å². The van der Waals surface area contributed by atoms with Crippen molar-refractivity contribution < 1.29 is 5.11 Å². The van der Waals surface area contributed by atoms with Crippen LogP contribution in [0, 0.1) is 0 Å². The Morgan fingerprint density at radius 1 is 0.929 bits per heavy atom. The molecule has 0 aromatic rings. The van der Waals surface area contributed by atoms with E-state index in [-0.39, 0.29) is 0 Å². The van der Waals surface area contributed by atoms with Crippen molar-refractivity contribution in [2.45, 2.75) is 17.8 Å². The SMILES string of the molecule is OCC(Cl)(Cl)C(Cl)(Cl)C(Cl)(Cl)C(Cl)Cl. The monoisotopic (exact) mass is 360 g/mol. The molecule has 1 nitrogen and oxygen atoms in total. The fourth-order valence-electron chi connectivity index (χ4n) is 0.480. The fourth-order valence-corrected chi connectivity index (χ4v) is 2.18. The van der Waals surface area contributed by atoms with Crippen LogP contribution >= 0.6 is 92.8 Å². The molecule has 0 heterocycles. The maximum atomic E-state index is 8.84. The first kappa shape index (κ1) is 16.3. The first-order chi connectivity index (χ1) is 6.00. The predicted molar refractivity (Wildman–Crippen MR) is 65.9 cm³/mol. The van der Waals surface area contributed by atoms with Crippen LogP contribution in [0.3, 0.4) is 0 Å². The van der Waals surface area contributed by atoms with Crippen molar-refractivity contribution in [3.8, 4) is 0 Å². The van der Waals surface area contributed by atoms with Crippen LogP contribution in [-0.2, 0) is 0 Å². The maximum absolute atomic E-state index is 8.84. The summed E-state index contributed by atoms with van der Waals surface area (Å²) >= 11 is 44.9. The summed E-state index contributed by atoms with van der Waals surface area (Å²) in [6.45, 7) is -0.773. The number of rotatable bonds is 4. The van der Waals surface area contributed by atoms with Crippen molar-refractivity contribution in [3.63, 3.8) is 0 Å². The van der Waals surface area contributed by atoms with Gasteiger partial charge < -0.3 is 5.11 Å². The standard InChI is InChI=1S/C5H4Cl8O/c6-2(7)4(10,11)5(12,13)3(8,9)1-14/h2,14H,1H2. The van der Waals surface area contributed by atoms with E-state index in [9.17, 15) is 0 Å². The lowest BCUT2D eigenvalue weighted by atomic mass is 10.2. The van der Waals surface area contributed by atoms with Gasteiger partial charge in [-0.1, -0.05) is 69.6 Å². The van der Waals surface area contributed by atoms with Gasteiger partial charge in [0.1, 0.15) is 4.84 Å². The number of halogens is 8. The van der Waals surface area contributed by atoms with Crippen LogP contribution in [-0.4, -0.2) is 29.5 Å². The third-order valence-corrected chi connectivity index (χ3v) is 6.28. The molecule has 14 heavy (non-hydrogen) atoms. The summed E-state index contributed by atoms with van der Waals surface area (Å²) in [5.74, 6) is 0. The lowest BCUT2D eigenvalue weighted by Crippen LogP contribution is -2.54. The molecule has 1 N–H and O–H groups in total. The topological polar surface area (TPSA) is 20.2 Å². The van der Waals surface area contributed by atoms with Gasteiger partial charge in [0.15, 0.2) is 13.0 Å². The largest absolute Gasteiger partial charge is 0.393 e. The highest BCUT2D eigenvalue weighted by Crippen LogP contribution is 2.57. The molecule has 0 aromatic carbocycles. The van der Waals surface area contributed by atoms with Crippen LogP contribution in [0.1, 0.15) is 0 Å². The highest BCUT2D eigenvalue weighted by Gasteiger charge is 2.62. The molecule has 0 amide bonds. The second kappa shape index (κ2) is 5.29. The van der Waals surface area contributed by atoms with E-state index in [1.54, 1.807) is 0 Å². The average Bonchev–Trinajstić information content (AvgIpc) is 2.03. The lowest BCUT2D eigenvalue weighted by molar-refractivity contribution is 0.266. The van der Waals surface area contributed by atoms with Crippen molar-refractivity contribution in [2.75, 3.05) is 6.61 Å². The molecule has 0 saturated carbocycles. The van der Waals surface area contributed by atoms with Gasteiger partial charge in [-0.05, 0) is 0 Å². The van der Waals surface area contributed by atoms with Crippen LogP contribution < -0.4 is 0 Å². The molecule has 0 aliphatic rings. The highest BCUT2D eigenvalue weighted by atomic mass is 35.6. The van der Waals surface area contributed by atoms with Crippen molar-refractivity contribution in [3.05, 3.63) is 0 Å². The van der Waals surface area contributed by atoms with E-state index in [1.165, 1.54) is 0 Å². The molecule has 0 saturated heterocycles. The highest BCUT2D eigenvalue weighted by molar-refractivity contribution is 6.72. The lowest BCUT2D eigenvalue weighted by Gasteiger charge is -2.40. The Kier molecular flexibility index (Phi) is 6.15. The first-order valence-electron chi connectivity index (χ1n) is 3.03. The van der Waals surface area contributed by atoms with Crippen LogP contribution in [0.2, 0.25) is 0 Å². The van der Waals surface area contributed by atoms with E-state index in [2.05, 4.69) is 0 Å². The molecule has 0 rings (SSSR count). The Hall–Kier alpha value is 2.28. The van der Waals surface area contributed by atoms with E-state index in [0.29, 0.717) is 0 Å². The molecule has 0 unspecified atom stereocenters. The normalized spacial score (nSPS) is 15.0. The average molecular weight is 364 g/mol. The summed E-state index contributed by atoms with van der Waals surface area (Å²) in [5.41, 5.74) is 0. The summed E-state index contributed by atoms with van der Waals surface area (Å²) in [7, 11) is 0. The van der Waals surface area contributed by atoms with E-state index >= 15 is 0 Å². The fraction of sp³-hybridized carbons (Fsp3) is 1.00. The number of aliphatic hydroxyl groups is 1. The van der Waals surface area contributed by atoms with Gasteiger partial charge in [-0.25, -0.2) is 0 Å². The maximum Gasteiger partial charge on any atom is 0.188 e. The molecule has 0 bridgehead atoms. The van der Waals surface area contributed by atoms with Gasteiger partial charge in [-0.15, -0.1) is 23.2 Å². The Labute approximate surface area is 121 Å². The predicted octanol–water partition coefficient (Wildman–Crippen LogP) is 4.30. The Morgan fingerprint density at radius 3 is 1.50 bits per heavy atom. The summed E-state index contributed by atoms with van der Waals surface area (Å²) in [4.78, 5) is -1.34. The molecule has 86 valence electrons. The van der Waals surface area contributed by atoms with Crippen LogP contribution in [0.4, 0.5) is 0 Å². The molecule has 0 fully saturated rings. The molecule has 0 aliphatic carbocycles. The summed E-state index contributed by atoms with van der Waals surface area (Å²) in [5, 5.41) is 8.84. The molecule has 0 atom stereocenters. The van der Waals surface area contributed by atoms with Crippen LogP contribution in [0.5, 0.6) is 0 Å². The quantitative estimate of drug-likeness (QED) is 0.738.